The van der Waals surface area contributed by atoms with Gasteiger partial charge in [-0.2, -0.15) is 0 Å². The number of oxazole rings is 1. The highest BCUT2D eigenvalue weighted by Gasteiger charge is 2.13. The number of aromatic nitrogens is 1. The number of carbonyl (C=O) groups excluding carboxylic acids is 1. The van der Waals surface area contributed by atoms with E-state index >= 15 is 0 Å². The van der Waals surface area contributed by atoms with Crippen LogP contribution >= 0.6 is 0 Å². The van der Waals surface area contributed by atoms with Gasteiger partial charge in [0.15, 0.2) is 5.89 Å². The number of benzene rings is 1. The van der Waals surface area contributed by atoms with E-state index in [1.807, 2.05) is 12.1 Å². The molecular formula is C12H12N2O3. The summed E-state index contributed by atoms with van der Waals surface area (Å²) in [4.78, 5) is 15.7. The van der Waals surface area contributed by atoms with Gasteiger partial charge in [0.2, 0.25) is 5.76 Å². The van der Waals surface area contributed by atoms with Crippen molar-refractivity contribution < 1.29 is 13.9 Å². The lowest BCUT2D eigenvalue weighted by atomic mass is 10.3. The molecule has 1 aromatic carbocycles. The first-order valence-electron chi connectivity index (χ1n) is 5.07. The number of hydrogen-bond donors (Lipinski definition) is 1. The minimum absolute atomic E-state index is 0.174. The first-order valence-corrected chi connectivity index (χ1v) is 5.07. The Labute approximate surface area is 98.4 Å². The molecule has 88 valence electrons. The van der Waals surface area contributed by atoms with Gasteiger partial charge in [-0.3, -0.25) is 4.79 Å². The normalized spacial score (nSPS) is 10.0. The molecular weight excluding hydrogens is 220 g/mol. The van der Waals surface area contributed by atoms with Gasteiger partial charge in [-0.25, -0.2) is 4.98 Å². The predicted molar refractivity (Wildman–Crippen MR) is 62.2 cm³/mol. The van der Waals surface area contributed by atoms with E-state index in [-0.39, 0.29) is 11.7 Å². The summed E-state index contributed by atoms with van der Waals surface area (Å²) in [5.41, 5.74) is 0.592. The van der Waals surface area contributed by atoms with E-state index in [0.717, 1.165) is 0 Å². The molecule has 2 rings (SSSR count). The van der Waals surface area contributed by atoms with Crippen molar-refractivity contribution in [1.29, 1.82) is 0 Å². The summed E-state index contributed by atoms with van der Waals surface area (Å²) in [5, 5.41) is 2.69. The molecule has 0 atom stereocenters. The highest BCUT2D eigenvalue weighted by Crippen LogP contribution is 2.23. The Morgan fingerprint density at radius 1 is 1.41 bits per heavy atom. The number of para-hydroxylation sites is 2. The van der Waals surface area contributed by atoms with Crippen molar-refractivity contribution in [2.24, 2.45) is 0 Å². The number of ether oxygens (including phenoxy) is 1. The van der Waals surface area contributed by atoms with Crippen LogP contribution in [0.15, 0.2) is 34.9 Å². The van der Waals surface area contributed by atoms with Crippen molar-refractivity contribution in [3.63, 3.8) is 0 Å². The first kappa shape index (κ1) is 11.2. The number of anilines is 1. The van der Waals surface area contributed by atoms with Gasteiger partial charge in [0.1, 0.15) is 5.75 Å². The Morgan fingerprint density at radius 3 is 2.82 bits per heavy atom. The monoisotopic (exact) mass is 232 g/mol. The number of aryl methyl sites for hydroxylation is 1. The minimum Gasteiger partial charge on any atom is -0.495 e. The molecule has 1 N–H and O–H groups in total. The Morgan fingerprint density at radius 2 is 2.18 bits per heavy atom. The molecule has 0 aliphatic carbocycles. The Hall–Kier alpha value is -2.30. The van der Waals surface area contributed by atoms with Crippen LogP contribution < -0.4 is 10.1 Å². The van der Waals surface area contributed by atoms with Crippen LogP contribution in [0.4, 0.5) is 5.69 Å². The fourth-order valence-electron chi connectivity index (χ4n) is 1.40. The zero-order chi connectivity index (χ0) is 12.3. The lowest BCUT2D eigenvalue weighted by Crippen LogP contribution is -2.11. The molecule has 1 heterocycles. The molecule has 0 bridgehead atoms. The van der Waals surface area contributed by atoms with Crippen LogP contribution in [0.1, 0.15) is 16.4 Å². The van der Waals surface area contributed by atoms with Crippen molar-refractivity contribution in [1.82, 2.24) is 4.98 Å². The first-order chi connectivity index (χ1) is 8.20. The summed E-state index contributed by atoms with van der Waals surface area (Å²) in [6.07, 6.45) is 1.39. The van der Waals surface area contributed by atoms with E-state index in [9.17, 15) is 4.79 Å². The second-order valence-corrected chi connectivity index (χ2v) is 3.40. The fraction of sp³-hybridized carbons (Fsp3) is 0.167. The number of nitrogens with one attached hydrogen (secondary N) is 1. The molecule has 5 nitrogen and oxygen atoms in total. The second kappa shape index (κ2) is 4.69. The molecule has 0 aliphatic rings. The molecule has 0 radical (unpaired) electrons. The zero-order valence-electron chi connectivity index (χ0n) is 9.56. The summed E-state index contributed by atoms with van der Waals surface area (Å²) < 4.78 is 10.3. The van der Waals surface area contributed by atoms with Crippen molar-refractivity contribution >= 4 is 11.6 Å². The van der Waals surface area contributed by atoms with Crippen molar-refractivity contribution in [3.8, 4) is 5.75 Å². The van der Waals surface area contributed by atoms with Crippen LogP contribution in [0.25, 0.3) is 0 Å². The van der Waals surface area contributed by atoms with E-state index < -0.39 is 0 Å². The maximum Gasteiger partial charge on any atom is 0.293 e. The van der Waals surface area contributed by atoms with Gasteiger partial charge >= 0.3 is 0 Å². The number of hydrogen-bond acceptors (Lipinski definition) is 4. The van der Waals surface area contributed by atoms with Crippen LogP contribution in [0.5, 0.6) is 5.75 Å². The number of methoxy groups -OCH3 is 1. The van der Waals surface area contributed by atoms with Crippen LogP contribution in [-0.2, 0) is 0 Å². The molecule has 1 amide bonds. The fourth-order valence-corrected chi connectivity index (χ4v) is 1.40. The third-order valence-electron chi connectivity index (χ3n) is 2.20. The Balaban J connectivity index is 2.18. The van der Waals surface area contributed by atoms with Gasteiger partial charge in [-0.15, -0.1) is 0 Å². The van der Waals surface area contributed by atoms with Crippen LogP contribution in [-0.4, -0.2) is 18.0 Å². The summed E-state index contributed by atoms with van der Waals surface area (Å²) in [7, 11) is 1.55. The molecule has 0 saturated heterocycles. The van der Waals surface area contributed by atoms with Gasteiger partial charge < -0.3 is 14.5 Å². The summed E-state index contributed by atoms with van der Waals surface area (Å²) >= 11 is 0. The molecule has 0 aliphatic heterocycles. The largest absolute Gasteiger partial charge is 0.495 e. The van der Waals surface area contributed by atoms with Crippen molar-refractivity contribution in [3.05, 3.63) is 42.1 Å². The van der Waals surface area contributed by atoms with Crippen LogP contribution in [0.2, 0.25) is 0 Å². The van der Waals surface area contributed by atoms with Gasteiger partial charge in [-0.05, 0) is 12.1 Å². The van der Waals surface area contributed by atoms with Crippen LogP contribution in [0.3, 0.4) is 0 Å². The van der Waals surface area contributed by atoms with Gasteiger partial charge in [0.05, 0.1) is 19.0 Å². The molecule has 1 aromatic heterocycles. The van der Waals surface area contributed by atoms with E-state index in [4.69, 9.17) is 9.15 Å². The van der Waals surface area contributed by atoms with E-state index in [2.05, 4.69) is 10.3 Å². The third kappa shape index (κ3) is 2.44. The number of carbonyl (C=O) groups is 1. The smallest absolute Gasteiger partial charge is 0.293 e. The number of amides is 1. The number of nitrogens with zero attached hydrogens (tertiary/aromatic N) is 1. The minimum atomic E-state index is -0.352. The van der Waals surface area contributed by atoms with Gasteiger partial charge in [0, 0.05) is 6.92 Å². The van der Waals surface area contributed by atoms with E-state index in [1.165, 1.54) is 6.20 Å². The standard InChI is InChI=1S/C12H12N2O3/c1-8-13-7-11(17-8)12(15)14-9-5-3-4-6-10(9)16-2/h3-7H,1-2H3,(H,14,15). The SMILES string of the molecule is COc1ccccc1NC(=O)c1cnc(C)o1. The zero-order valence-corrected chi connectivity index (χ0v) is 9.56. The highest BCUT2D eigenvalue weighted by molar-refractivity contribution is 6.02. The highest BCUT2D eigenvalue weighted by atomic mass is 16.5. The van der Waals surface area contributed by atoms with E-state index in [1.54, 1.807) is 26.2 Å². The summed E-state index contributed by atoms with van der Waals surface area (Å²) in [6, 6.07) is 7.15. The molecule has 2 aromatic rings. The summed E-state index contributed by atoms with van der Waals surface area (Å²) in [6.45, 7) is 1.68. The Bertz CT molecular complexity index is 534. The molecule has 0 unspecified atom stereocenters. The van der Waals surface area contributed by atoms with Crippen molar-refractivity contribution in [2.45, 2.75) is 6.92 Å². The molecule has 0 spiro atoms. The predicted octanol–water partition coefficient (Wildman–Crippen LogP) is 2.24. The molecule has 0 saturated carbocycles. The maximum atomic E-state index is 11.8. The van der Waals surface area contributed by atoms with Crippen molar-refractivity contribution in [2.75, 3.05) is 12.4 Å². The number of rotatable bonds is 3. The van der Waals surface area contributed by atoms with Gasteiger partial charge in [0.25, 0.3) is 5.91 Å². The average molecular weight is 232 g/mol. The lowest BCUT2D eigenvalue weighted by Gasteiger charge is -2.08. The lowest BCUT2D eigenvalue weighted by molar-refractivity contribution is 0.0995. The third-order valence-corrected chi connectivity index (χ3v) is 2.20. The van der Waals surface area contributed by atoms with Crippen LogP contribution in [0, 0.1) is 6.92 Å². The molecule has 5 heteroatoms. The Kier molecular flexibility index (Phi) is 3.09. The quantitative estimate of drug-likeness (QED) is 0.881. The van der Waals surface area contributed by atoms with E-state index in [0.29, 0.717) is 17.3 Å². The maximum absolute atomic E-state index is 11.8. The average Bonchev–Trinajstić information content (AvgIpc) is 2.77. The topological polar surface area (TPSA) is 64.4 Å². The molecule has 0 fully saturated rings. The second-order valence-electron chi connectivity index (χ2n) is 3.40. The summed E-state index contributed by atoms with van der Waals surface area (Å²) in [5.74, 6) is 0.871. The molecule has 17 heavy (non-hydrogen) atoms. The van der Waals surface area contributed by atoms with Gasteiger partial charge in [-0.1, -0.05) is 12.1 Å².